The topological polar surface area (TPSA) is 55.6 Å². The fourth-order valence-electron chi connectivity index (χ4n) is 1.68. The zero-order valence-corrected chi connectivity index (χ0v) is 9.90. The van der Waals surface area contributed by atoms with Gasteiger partial charge in [0.2, 0.25) is 0 Å². The van der Waals surface area contributed by atoms with Crippen molar-refractivity contribution in [2.24, 2.45) is 0 Å². The van der Waals surface area contributed by atoms with E-state index in [9.17, 15) is 0 Å². The number of tetrazole rings is 1. The minimum Gasteiger partial charge on any atom is -0.310 e. The third kappa shape index (κ3) is 3.27. The molecule has 15 heavy (non-hydrogen) atoms. The van der Waals surface area contributed by atoms with Gasteiger partial charge in [-0.2, -0.15) is 0 Å². The van der Waals surface area contributed by atoms with Crippen LogP contribution in [-0.4, -0.2) is 26.8 Å². The van der Waals surface area contributed by atoms with E-state index in [4.69, 9.17) is 0 Å². The summed E-state index contributed by atoms with van der Waals surface area (Å²) in [6.07, 6.45) is 3.39. The van der Waals surface area contributed by atoms with Crippen molar-refractivity contribution in [3.05, 3.63) is 5.82 Å². The lowest BCUT2D eigenvalue weighted by molar-refractivity contribution is 0.384. The molecule has 0 radical (unpaired) electrons. The van der Waals surface area contributed by atoms with Crippen LogP contribution < -0.4 is 5.32 Å². The summed E-state index contributed by atoms with van der Waals surface area (Å²) in [4.78, 5) is 0. The molecule has 1 atom stereocenters. The van der Waals surface area contributed by atoms with Crippen LogP contribution in [0.5, 0.6) is 0 Å². The van der Waals surface area contributed by atoms with E-state index < -0.39 is 0 Å². The third-order valence-electron chi connectivity index (χ3n) is 2.53. The van der Waals surface area contributed by atoms with Gasteiger partial charge in [-0.3, -0.25) is 0 Å². The summed E-state index contributed by atoms with van der Waals surface area (Å²) in [6.45, 7) is 8.15. The quantitative estimate of drug-likeness (QED) is 0.743. The maximum atomic E-state index is 4.07. The smallest absolute Gasteiger partial charge is 0.165 e. The lowest BCUT2D eigenvalue weighted by Crippen LogP contribution is -2.20. The second-order valence-corrected chi connectivity index (χ2v) is 3.67. The largest absolute Gasteiger partial charge is 0.310 e. The first-order valence-corrected chi connectivity index (χ1v) is 5.80. The van der Waals surface area contributed by atoms with E-state index in [1.54, 1.807) is 0 Å². The Labute approximate surface area is 91.2 Å². The molecule has 0 bridgehead atoms. The van der Waals surface area contributed by atoms with Gasteiger partial charge in [0.05, 0.1) is 12.6 Å². The predicted octanol–water partition coefficient (Wildman–Crippen LogP) is 1.53. The molecule has 1 unspecified atom stereocenters. The van der Waals surface area contributed by atoms with Crippen LogP contribution in [-0.2, 0) is 6.54 Å². The molecule has 0 aliphatic rings. The highest BCUT2D eigenvalue weighted by molar-refractivity contribution is 4.83. The summed E-state index contributed by atoms with van der Waals surface area (Å²) in [6, 6.07) is 0.443. The van der Waals surface area contributed by atoms with Crippen LogP contribution in [0.3, 0.4) is 0 Å². The Hall–Kier alpha value is -0.970. The lowest BCUT2D eigenvalue weighted by Gasteiger charge is -2.15. The highest BCUT2D eigenvalue weighted by atomic mass is 15.6. The number of hydrogen-bond acceptors (Lipinski definition) is 4. The highest BCUT2D eigenvalue weighted by Gasteiger charge is 2.13. The molecule has 0 aliphatic heterocycles. The molecule has 1 rings (SSSR count). The average Bonchev–Trinajstić information content (AvgIpc) is 2.71. The Kier molecular flexibility index (Phi) is 5.25. The third-order valence-corrected chi connectivity index (χ3v) is 2.53. The fourth-order valence-corrected chi connectivity index (χ4v) is 1.68. The zero-order chi connectivity index (χ0) is 11.1. The van der Waals surface area contributed by atoms with E-state index in [1.807, 2.05) is 4.68 Å². The second-order valence-electron chi connectivity index (χ2n) is 3.67. The van der Waals surface area contributed by atoms with E-state index >= 15 is 0 Å². The first-order valence-electron chi connectivity index (χ1n) is 5.80. The molecule has 1 N–H and O–H groups in total. The van der Waals surface area contributed by atoms with E-state index in [0.717, 1.165) is 31.8 Å². The van der Waals surface area contributed by atoms with Gasteiger partial charge in [0, 0.05) is 0 Å². The minimum atomic E-state index is 0.443. The van der Waals surface area contributed by atoms with E-state index in [-0.39, 0.29) is 0 Å². The molecule has 1 heterocycles. The Morgan fingerprint density at radius 1 is 1.33 bits per heavy atom. The number of nitrogens with one attached hydrogen (secondary N) is 1. The highest BCUT2D eigenvalue weighted by Crippen LogP contribution is 2.17. The molecule has 0 amide bonds. The van der Waals surface area contributed by atoms with Gasteiger partial charge in [0.15, 0.2) is 5.82 Å². The number of aromatic nitrogens is 4. The van der Waals surface area contributed by atoms with Crippen molar-refractivity contribution in [1.82, 2.24) is 25.5 Å². The first kappa shape index (κ1) is 12.1. The van der Waals surface area contributed by atoms with Gasteiger partial charge in [-0.15, -0.1) is 5.10 Å². The van der Waals surface area contributed by atoms with Gasteiger partial charge in [0.25, 0.3) is 0 Å². The van der Waals surface area contributed by atoms with Crippen molar-refractivity contribution < 1.29 is 0 Å². The minimum absolute atomic E-state index is 0.443. The van der Waals surface area contributed by atoms with Crippen molar-refractivity contribution in [2.45, 2.75) is 52.6 Å². The summed E-state index contributed by atoms with van der Waals surface area (Å²) in [5, 5.41) is 15.1. The van der Waals surface area contributed by atoms with Gasteiger partial charge >= 0.3 is 0 Å². The van der Waals surface area contributed by atoms with E-state index in [0.29, 0.717) is 6.04 Å². The van der Waals surface area contributed by atoms with Crippen LogP contribution in [0.4, 0.5) is 0 Å². The van der Waals surface area contributed by atoms with Crippen LogP contribution in [0, 0.1) is 0 Å². The van der Waals surface area contributed by atoms with Gasteiger partial charge in [0.1, 0.15) is 0 Å². The van der Waals surface area contributed by atoms with Crippen LogP contribution >= 0.6 is 0 Å². The van der Waals surface area contributed by atoms with Gasteiger partial charge in [-0.05, 0) is 29.8 Å². The van der Waals surface area contributed by atoms with Gasteiger partial charge in [-0.1, -0.05) is 27.2 Å². The molecule has 0 aromatic carbocycles. The Morgan fingerprint density at radius 2 is 2.13 bits per heavy atom. The lowest BCUT2D eigenvalue weighted by atomic mass is 10.1. The molecular weight excluding hydrogens is 190 g/mol. The van der Waals surface area contributed by atoms with Crippen LogP contribution in [0.25, 0.3) is 0 Å². The molecule has 0 fully saturated rings. The monoisotopic (exact) mass is 211 g/mol. The molecule has 0 spiro atoms. The Balaban J connectivity index is 2.68. The van der Waals surface area contributed by atoms with Crippen LogP contribution in [0.15, 0.2) is 0 Å². The predicted molar refractivity (Wildman–Crippen MR) is 59.4 cm³/mol. The molecule has 0 saturated carbocycles. The maximum Gasteiger partial charge on any atom is 0.165 e. The van der Waals surface area contributed by atoms with Crippen molar-refractivity contribution in [1.29, 1.82) is 0 Å². The van der Waals surface area contributed by atoms with Gasteiger partial charge < -0.3 is 5.32 Å². The van der Waals surface area contributed by atoms with Crippen molar-refractivity contribution in [3.63, 3.8) is 0 Å². The number of rotatable bonds is 7. The average molecular weight is 211 g/mol. The maximum absolute atomic E-state index is 4.07. The molecule has 1 aromatic rings. The summed E-state index contributed by atoms with van der Waals surface area (Å²) in [5.41, 5.74) is 0. The standard InChI is InChI=1S/C10H21N5/c1-4-7-9(5-2)15-10(8-11-6-3)12-13-14-15/h9,11H,4-8H2,1-3H3. The molecule has 0 aliphatic carbocycles. The van der Waals surface area contributed by atoms with Gasteiger partial charge in [-0.25, -0.2) is 4.68 Å². The van der Waals surface area contributed by atoms with Crippen molar-refractivity contribution >= 4 is 0 Å². The van der Waals surface area contributed by atoms with Crippen LogP contribution in [0.2, 0.25) is 0 Å². The van der Waals surface area contributed by atoms with E-state index in [2.05, 4.69) is 41.6 Å². The summed E-state index contributed by atoms with van der Waals surface area (Å²) < 4.78 is 1.96. The zero-order valence-electron chi connectivity index (χ0n) is 9.90. The number of hydrogen-bond donors (Lipinski definition) is 1. The Morgan fingerprint density at radius 3 is 2.73 bits per heavy atom. The molecule has 1 aromatic heterocycles. The number of nitrogens with zero attached hydrogens (tertiary/aromatic N) is 4. The summed E-state index contributed by atoms with van der Waals surface area (Å²) in [7, 11) is 0. The fraction of sp³-hybridized carbons (Fsp3) is 0.900. The van der Waals surface area contributed by atoms with Crippen molar-refractivity contribution in [2.75, 3.05) is 6.54 Å². The summed E-state index contributed by atoms with van der Waals surface area (Å²) in [5.74, 6) is 0.942. The van der Waals surface area contributed by atoms with Crippen molar-refractivity contribution in [3.8, 4) is 0 Å². The molecule has 5 heteroatoms. The normalized spacial score (nSPS) is 13.0. The second kappa shape index (κ2) is 6.50. The van der Waals surface area contributed by atoms with E-state index in [1.165, 1.54) is 6.42 Å². The molecule has 5 nitrogen and oxygen atoms in total. The molecule has 86 valence electrons. The Bertz CT molecular complexity index is 271. The molecule has 0 saturated heterocycles. The van der Waals surface area contributed by atoms with Crippen LogP contribution in [0.1, 0.15) is 51.9 Å². The SMILES string of the molecule is CCCC(CC)n1nnnc1CNCC. The molecular formula is C10H21N5. The summed E-state index contributed by atoms with van der Waals surface area (Å²) >= 11 is 0. The first-order chi connectivity index (χ1) is 7.33.